The summed E-state index contributed by atoms with van der Waals surface area (Å²) in [4.78, 5) is 62.7. The van der Waals surface area contributed by atoms with Crippen molar-refractivity contribution in [1.29, 1.82) is 0 Å². The molecule has 2 aliphatic rings. The number of aromatic nitrogens is 1. The van der Waals surface area contributed by atoms with Crippen LogP contribution in [0.1, 0.15) is 66.7 Å². The highest BCUT2D eigenvalue weighted by Crippen LogP contribution is 2.45. The van der Waals surface area contributed by atoms with E-state index in [1.165, 1.54) is 34.4 Å². The highest BCUT2D eigenvalue weighted by Gasteiger charge is 2.47. The van der Waals surface area contributed by atoms with Crippen LogP contribution < -0.4 is 10.1 Å². The number of oxazole rings is 1. The summed E-state index contributed by atoms with van der Waals surface area (Å²) < 4.78 is 12.0. The SMILES string of the molecule is CC(C)(C)Oc1cc(C(=O)CC(=O)O)ccc1C1=NC(c2ccc(Cl)cc2)C(c2ncco2)N1C(=O)N1CCNC(=O)C1. The molecule has 2 N–H and O–H groups in total. The molecule has 3 amide bonds. The molecule has 2 atom stereocenters. The standard InChI is InChI=1S/C30H30ClN5O7/c1-30(2,3)43-22-14-18(21(37)15-24(39)40)6-9-20(22)27-34-25(17-4-7-19(31)8-5-17)26(28-33-11-13-42-28)36(27)29(41)35-12-10-32-23(38)16-35/h4-9,11,13-14,25-26H,10,12,15-16H2,1-3H3,(H,32,38)(H,39,40). The van der Waals surface area contributed by atoms with Crippen molar-refractivity contribution in [1.82, 2.24) is 20.1 Å². The molecular formula is C30H30ClN5O7. The number of carboxylic acid groups (broad SMARTS) is 1. The minimum absolute atomic E-state index is 0.132. The van der Waals surface area contributed by atoms with E-state index in [2.05, 4.69) is 10.3 Å². The van der Waals surface area contributed by atoms with Crippen LogP contribution in [0.5, 0.6) is 5.75 Å². The number of hydrogen-bond acceptors (Lipinski definition) is 8. The zero-order valence-corrected chi connectivity index (χ0v) is 24.5. The molecule has 2 unspecified atom stereocenters. The molecule has 2 aromatic carbocycles. The molecule has 2 aliphatic heterocycles. The van der Waals surface area contributed by atoms with Gasteiger partial charge in [-0.15, -0.1) is 0 Å². The fourth-order valence-electron chi connectivity index (χ4n) is 4.98. The summed E-state index contributed by atoms with van der Waals surface area (Å²) in [6, 6.07) is 9.51. The van der Waals surface area contributed by atoms with Crippen LogP contribution in [-0.2, 0) is 9.59 Å². The Morgan fingerprint density at radius 1 is 1.16 bits per heavy atom. The summed E-state index contributed by atoms with van der Waals surface area (Å²) in [7, 11) is 0. The summed E-state index contributed by atoms with van der Waals surface area (Å²) >= 11 is 6.17. The molecule has 43 heavy (non-hydrogen) atoms. The number of ether oxygens (including phenoxy) is 1. The summed E-state index contributed by atoms with van der Waals surface area (Å²) in [5, 5.41) is 12.4. The third-order valence-electron chi connectivity index (χ3n) is 6.77. The second kappa shape index (κ2) is 11.9. The summed E-state index contributed by atoms with van der Waals surface area (Å²) in [5.74, 6) is -1.50. The molecule has 3 heterocycles. The number of nitrogens with one attached hydrogen (secondary N) is 1. The molecule has 224 valence electrons. The van der Waals surface area contributed by atoms with Gasteiger partial charge in [0.15, 0.2) is 5.78 Å². The molecule has 0 spiro atoms. The predicted molar refractivity (Wildman–Crippen MR) is 155 cm³/mol. The Morgan fingerprint density at radius 3 is 2.53 bits per heavy atom. The number of carbonyl (C=O) groups excluding carboxylic acids is 3. The summed E-state index contributed by atoms with van der Waals surface area (Å²) in [6.07, 6.45) is 2.18. The largest absolute Gasteiger partial charge is 0.487 e. The molecule has 1 saturated heterocycles. The van der Waals surface area contributed by atoms with Crippen LogP contribution in [0, 0.1) is 0 Å². The Balaban J connectivity index is 1.69. The number of carbonyl (C=O) groups is 4. The van der Waals surface area contributed by atoms with Crippen molar-refractivity contribution in [2.45, 2.75) is 44.9 Å². The minimum atomic E-state index is -1.26. The van der Waals surface area contributed by atoms with Gasteiger partial charge < -0.3 is 24.5 Å². The number of piperazine rings is 1. The molecule has 0 radical (unpaired) electrons. The zero-order chi connectivity index (χ0) is 30.9. The molecule has 13 heteroatoms. The number of benzene rings is 2. The van der Waals surface area contributed by atoms with E-state index in [-0.39, 0.29) is 48.6 Å². The van der Waals surface area contributed by atoms with Gasteiger partial charge in [0.1, 0.15) is 48.5 Å². The van der Waals surface area contributed by atoms with Crippen LogP contribution in [0.4, 0.5) is 4.79 Å². The first kappa shape index (κ1) is 29.8. The van der Waals surface area contributed by atoms with Gasteiger partial charge in [-0.05, 0) is 50.6 Å². The molecule has 0 bridgehead atoms. The number of Topliss-reactive ketones (excluding diaryl/α,β-unsaturated/α-hetero) is 1. The fraction of sp³-hybridized carbons (Fsp3) is 0.333. The summed E-state index contributed by atoms with van der Waals surface area (Å²) in [5.41, 5.74) is 0.501. The number of rotatable bonds is 7. The van der Waals surface area contributed by atoms with Crippen molar-refractivity contribution >= 4 is 41.1 Å². The summed E-state index contributed by atoms with van der Waals surface area (Å²) in [6.45, 7) is 5.86. The number of urea groups is 1. The Kier molecular flexibility index (Phi) is 8.23. The van der Waals surface area contributed by atoms with Crippen molar-refractivity contribution in [2.75, 3.05) is 19.6 Å². The van der Waals surface area contributed by atoms with E-state index in [4.69, 9.17) is 30.9 Å². The number of hydrogen-bond donors (Lipinski definition) is 2. The van der Waals surface area contributed by atoms with E-state index in [1.54, 1.807) is 30.3 Å². The Bertz CT molecular complexity index is 1580. The lowest BCUT2D eigenvalue weighted by Gasteiger charge is -2.34. The van der Waals surface area contributed by atoms with Crippen LogP contribution in [-0.4, -0.2) is 74.7 Å². The van der Waals surface area contributed by atoms with Crippen LogP contribution in [0.25, 0.3) is 0 Å². The average molecular weight is 608 g/mol. The number of aliphatic imine (C=N–C) groups is 1. The quantitative estimate of drug-likeness (QED) is 0.298. The minimum Gasteiger partial charge on any atom is -0.487 e. The number of aliphatic carboxylic acids is 1. The molecule has 1 fully saturated rings. The van der Waals surface area contributed by atoms with Crippen LogP contribution >= 0.6 is 11.6 Å². The maximum absolute atomic E-state index is 14.3. The molecule has 1 aromatic heterocycles. The number of nitrogens with zero attached hydrogens (tertiary/aromatic N) is 4. The van der Waals surface area contributed by atoms with E-state index in [1.807, 2.05) is 20.8 Å². The van der Waals surface area contributed by atoms with Crippen molar-refractivity contribution in [3.8, 4) is 5.75 Å². The van der Waals surface area contributed by atoms with E-state index in [0.717, 1.165) is 5.56 Å². The van der Waals surface area contributed by atoms with Crippen LogP contribution in [0.3, 0.4) is 0 Å². The Hall–Kier alpha value is -4.71. The van der Waals surface area contributed by atoms with Crippen LogP contribution in [0.15, 0.2) is 64.3 Å². The van der Waals surface area contributed by atoms with Gasteiger partial charge in [-0.2, -0.15) is 0 Å². The van der Waals surface area contributed by atoms with Crippen molar-refractivity contribution < 1.29 is 33.4 Å². The first-order valence-corrected chi connectivity index (χ1v) is 13.9. The van der Waals surface area contributed by atoms with Gasteiger partial charge in [-0.1, -0.05) is 29.8 Å². The van der Waals surface area contributed by atoms with Crippen molar-refractivity contribution in [2.24, 2.45) is 4.99 Å². The Labute approximate surface area is 252 Å². The van der Waals surface area contributed by atoms with Gasteiger partial charge in [0.05, 0.1) is 11.8 Å². The van der Waals surface area contributed by atoms with E-state index in [0.29, 0.717) is 10.6 Å². The van der Waals surface area contributed by atoms with E-state index in [9.17, 15) is 19.2 Å². The second-order valence-corrected chi connectivity index (χ2v) is 11.5. The zero-order valence-electron chi connectivity index (χ0n) is 23.7. The third kappa shape index (κ3) is 6.54. The van der Waals surface area contributed by atoms with Gasteiger partial charge >= 0.3 is 12.0 Å². The number of carboxylic acids is 1. The first-order chi connectivity index (χ1) is 20.4. The monoisotopic (exact) mass is 607 g/mol. The average Bonchev–Trinajstić information content (AvgIpc) is 3.60. The lowest BCUT2D eigenvalue weighted by molar-refractivity contribution is -0.136. The van der Waals surface area contributed by atoms with Crippen LogP contribution in [0.2, 0.25) is 5.02 Å². The number of halogens is 1. The molecule has 12 nitrogen and oxygen atoms in total. The molecule has 0 saturated carbocycles. The smallest absolute Gasteiger partial charge is 0.327 e. The maximum Gasteiger partial charge on any atom is 0.327 e. The number of ketones is 1. The number of amidine groups is 1. The number of amides is 3. The highest BCUT2D eigenvalue weighted by atomic mass is 35.5. The van der Waals surface area contributed by atoms with Gasteiger partial charge in [0, 0.05) is 23.7 Å². The van der Waals surface area contributed by atoms with E-state index >= 15 is 0 Å². The van der Waals surface area contributed by atoms with Gasteiger partial charge in [0.2, 0.25) is 11.8 Å². The van der Waals surface area contributed by atoms with Crippen molar-refractivity contribution in [3.63, 3.8) is 0 Å². The normalized spacial score (nSPS) is 18.7. The molecule has 3 aromatic rings. The predicted octanol–water partition coefficient (Wildman–Crippen LogP) is 4.26. The van der Waals surface area contributed by atoms with Gasteiger partial charge in [-0.25, -0.2) is 9.78 Å². The lowest BCUT2D eigenvalue weighted by atomic mass is 9.99. The fourth-order valence-corrected chi connectivity index (χ4v) is 5.10. The van der Waals surface area contributed by atoms with E-state index < -0.39 is 41.9 Å². The van der Waals surface area contributed by atoms with Crippen molar-refractivity contribution in [3.05, 3.63) is 82.5 Å². The lowest BCUT2D eigenvalue weighted by Crippen LogP contribution is -2.55. The van der Waals surface area contributed by atoms with Gasteiger partial charge in [-0.3, -0.25) is 24.3 Å². The first-order valence-electron chi connectivity index (χ1n) is 13.6. The van der Waals surface area contributed by atoms with Gasteiger partial charge in [0.25, 0.3) is 0 Å². The maximum atomic E-state index is 14.3. The molecular weight excluding hydrogens is 578 g/mol. The topological polar surface area (TPSA) is 155 Å². The second-order valence-electron chi connectivity index (χ2n) is 11.1. The molecule has 0 aliphatic carbocycles. The Morgan fingerprint density at radius 2 is 1.91 bits per heavy atom. The highest BCUT2D eigenvalue weighted by molar-refractivity contribution is 6.30. The third-order valence-corrected chi connectivity index (χ3v) is 7.02. The molecule has 5 rings (SSSR count).